The minimum Gasteiger partial charge on any atom is -0.507 e. The van der Waals surface area contributed by atoms with E-state index < -0.39 is 0 Å². The number of para-hydroxylation sites is 2. The summed E-state index contributed by atoms with van der Waals surface area (Å²) in [7, 11) is 0. The number of phenols is 2. The van der Waals surface area contributed by atoms with Gasteiger partial charge in [-0.3, -0.25) is 48.9 Å². The molecular formula is C107H121N15O22. The predicted octanol–water partition coefficient (Wildman–Crippen LogP) is 14.1. The summed E-state index contributed by atoms with van der Waals surface area (Å²) in [5, 5.41) is 32.7. The van der Waals surface area contributed by atoms with Gasteiger partial charge in [0.1, 0.15) is 73.3 Å². The lowest BCUT2D eigenvalue weighted by Gasteiger charge is -2.26. The van der Waals surface area contributed by atoms with Crippen molar-refractivity contribution in [1.82, 2.24) is 50.7 Å². The molecule has 2 fully saturated rings. The van der Waals surface area contributed by atoms with E-state index in [0.29, 0.717) is 77.5 Å². The van der Waals surface area contributed by atoms with Gasteiger partial charge in [0, 0.05) is 88.4 Å². The number of hydrogen-bond donors (Lipinski definition) is 10. The molecule has 0 saturated carbocycles. The number of anilines is 5. The number of likely N-dealkylation sites (tertiary alicyclic amines) is 2. The Balaban J connectivity index is 0.000000266. The summed E-state index contributed by atoms with van der Waals surface area (Å²) in [5.74, 6) is 3.22. The Labute approximate surface area is 832 Å². The quantitative estimate of drug-likeness (QED) is 0.0254. The van der Waals surface area contributed by atoms with Gasteiger partial charge in [0.05, 0.1) is 95.9 Å². The molecule has 0 spiro atoms. The van der Waals surface area contributed by atoms with E-state index in [-0.39, 0.29) is 144 Å². The van der Waals surface area contributed by atoms with E-state index in [0.717, 1.165) is 139 Å². The molecule has 37 heteroatoms. The van der Waals surface area contributed by atoms with Crippen molar-refractivity contribution in [3.63, 3.8) is 0 Å². The summed E-state index contributed by atoms with van der Waals surface area (Å²) >= 11 is 0. The first-order valence-corrected chi connectivity index (χ1v) is 45.8. The first-order chi connectivity index (χ1) is 68.8. The van der Waals surface area contributed by atoms with Gasteiger partial charge in [-0.2, -0.15) is 47.9 Å². The van der Waals surface area contributed by atoms with Gasteiger partial charge < -0.3 is 88.3 Å². The molecule has 37 nitrogen and oxygen atoms in total. The molecule has 15 rings (SSSR count). The van der Waals surface area contributed by atoms with Crippen LogP contribution in [-0.4, -0.2) is 182 Å². The van der Waals surface area contributed by atoms with Crippen molar-refractivity contribution in [2.45, 2.75) is 159 Å². The molecule has 8 aromatic carbocycles. The number of rotatable bonds is 25. The summed E-state index contributed by atoms with van der Waals surface area (Å²) in [6.07, 6.45) is 5.96. The van der Waals surface area contributed by atoms with Crippen LogP contribution in [0, 0.1) is 59.3 Å². The molecule has 756 valence electrons. The third-order valence-electron chi connectivity index (χ3n) is 22.5. The van der Waals surface area contributed by atoms with Gasteiger partial charge in [0.25, 0.3) is 17.7 Å². The number of nitrogens with zero attached hydrogens (tertiary/aromatic N) is 7. The van der Waals surface area contributed by atoms with E-state index in [9.17, 15) is 34.2 Å². The summed E-state index contributed by atoms with van der Waals surface area (Å²) in [5.41, 5.74) is 44.6. The highest BCUT2D eigenvalue weighted by Gasteiger charge is 2.32. The van der Waals surface area contributed by atoms with E-state index in [1.165, 1.54) is 12.1 Å². The second kappa shape index (κ2) is 58.5. The molecule has 144 heavy (non-hydrogen) atoms. The van der Waals surface area contributed by atoms with Crippen molar-refractivity contribution in [3.8, 4) is 40.2 Å². The molecule has 2 aliphatic heterocycles. The van der Waals surface area contributed by atoms with Gasteiger partial charge in [-0.15, -0.1) is 0 Å². The number of nitrogens with two attached hydrogens (primary N) is 5. The number of aryl methyl sites for hydroxylation is 6. The molecule has 0 radical (unpaired) electrons. The fourth-order valence-electron chi connectivity index (χ4n) is 15.6. The van der Waals surface area contributed by atoms with Gasteiger partial charge in [0.2, 0.25) is 11.8 Å². The number of nitrogens with one attached hydrogen (secondary N) is 3. The molecule has 15 N–H and O–H groups in total. The highest BCUT2D eigenvalue weighted by Crippen LogP contribution is 2.37. The monoisotopic (exact) mass is 1970 g/mol. The van der Waals surface area contributed by atoms with Crippen LogP contribution in [0.4, 0.5) is 28.4 Å². The summed E-state index contributed by atoms with van der Waals surface area (Å²) in [6.45, 7) is 30.6. The molecule has 0 aliphatic carbocycles. The molecule has 7 heterocycles. The topological polar surface area (TPSA) is 580 Å². The van der Waals surface area contributed by atoms with Gasteiger partial charge in [0.15, 0.2) is 0 Å². The van der Waals surface area contributed by atoms with E-state index in [4.69, 9.17) is 100 Å². The van der Waals surface area contributed by atoms with E-state index in [1.54, 1.807) is 43.3 Å². The molecular weight excluding hydrogens is 1850 g/mol. The first-order valence-electron chi connectivity index (χ1n) is 45.8. The van der Waals surface area contributed by atoms with E-state index in [1.807, 2.05) is 232 Å². The average molecular weight is 1970 g/mol. The van der Waals surface area contributed by atoms with Crippen molar-refractivity contribution in [2.75, 3.05) is 74.8 Å². The third-order valence-corrected chi connectivity index (χ3v) is 22.5. The maximum absolute atomic E-state index is 12.6. The zero-order valence-electron chi connectivity index (χ0n) is 82.7. The third kappa shape index (κ3) is 34.3. The number of carbonyl (C=O) groups excluding carboxylic acids is 15. The molecule has 0 bridgehead atoms. The fourth-order valence-corrected chi connectivity index (χ4v) is 15.6. The van der Waals surface area contributed by atoms with Crippen LogP contribution in [0.25, 0.3) is 54.5 Å². The van der Waals surface area contributed by atoms with Gasteiger partial charge in [-0.05, 0) is 213 Å². The van der Waals surface area contributed by atoms with Crippen LogP contribution in [0.1, 0.15) is 153 Å². The standard InChI is InChI=1S/C23H27N3O2.C22H25N3O3.C21H23N3O3.C19H25N3O2.C17H21N3O2.5CO2/c1-14(2)20(26-23(27)17-8-5-7-15(3)11-17)13-28-21-10-6-9-19-22(21)18(24)12-16(4)25-19;1-13(2)18(25-22(27)15-7-4-5-9-19(15)26)12-28-20-10-6-8-17-21(20)16(23)11-14(3)24-17;1-3-14(24-21(26)15-7-4-5-9-18(15)25)12-27-19-10-6-8-17-20(19)16(22)11-13(2)23-17;1-12(2)19(23)22-9-5-6-14(22)11-24-17-8-4-7-16-18(17)15(20)10-13(3)21-16;1-11-9-14(18)17-15(19-11)6-3-7-16(17)22-10-13-5-4-8-20(13)12(2)21;5*2-1-3/h5-12,14,20H,13H2,1-4H3,(H2,24,25)(H,26,27);4-11,13,18,26H,12H2,1-3H3,(H2,23,24)(H,25,27);4-11,14,25H,3,12H2,1-2H3,(H2,22,23)(H,24,26);4,7-8,10,12,14H,5-6,9,11H2,1-3H3,(H2,20,21);3,6-7,9,13H,4-5,8,10H2,1-2H3,(H2,18,19);;;;;. The average Bonchev–Trinajstić information content (AvgIpc) is 0.907. The van der Waals surface area contributed by atoms with Gasteiger partial charge in [-0.1, -0.05) is 121 Å². The number of aromatic nitrogens is 5. The lowest BCUT2D eigenvalue weighted by atomic mass is 10.0. The molecule has 13 aromatic rings. The Bertz CT molecular complexity index is 6660. The number of nitrogen functional groups attached to an aromatic ring is 5. The zero-order chi connectivity index (χ0) is 106. The SMILES string of the molecule is CC(=O)N1CCCC1COc1cccc2nc(C)cc(N)c12.CCC(COc1cccc2nc(C)cc(N)c12)NC(=O)c1ccccc1O.Cc1cc(N)c2c(OCC(NC(=O)c3ccccc3O)C(C)C)cccc2n1.Cc1cc(N)c2c(OCC3CCCN3C(=O)C(C)C)cccc2n1.Cc1cccc(C(=O)NC(COc2cccc3nc(C)cc(N)c23)C(C)C)c1.O=C=O.O=C=O.O=C=O.O=C=O.O=C=O. The Morgan fingerprint density at radius 1 is 0.382 bits per heavy atom. The molecule has 2 saturated heterocycles. The molecule has 5 amide bonds. The summed E-state index contributed by atoms with van der Waals surface area (Å²) < 4.78 is 30.1. The minimum atomic E-state index is -0.338. The Kier molecular flexibility index (Phi) is 46.9. The number of ether oxygens (including phenoxy) is 5. The predicted molar refractivity (Wildman–Crippen MR) is 538 cm³/mol. The Hall–Kier alpha value is -17.3. The zero-order valence-corrected chi connectivity index (χ0v) is 82.7. The second-order valence-electron chi connectivity index (χ2n) is 34.1. The van der Waals surface area contributed by atoms with Crippen LogP contribution in [-0.2, 0) is 57.5 Å². The van der Waals surface area contributed by atoms with Crippen LogP contribution in [0.15, 0.2) is 194 Å². The lowest BCUT2D eigenvalue weighted by Crippen LogP contribution is -2.42. The van der Waals surface area contributed by atoms with Crippen LogP contribution in [0.5, 0.6) is 40.2 Å². The highest BCUT2D eigenvalue weighted by atomic mass is 16.5. The molecule has 2 aliphatic rings. The Morgan fingerprint density at radius 3 is 0.979 bits per heavy atom. The summed E-state index contributed by atoms with van der Waals surface area (Å²) in [4.78, 5) is 169. The number of pyridine rings is 5. The number of carbonyl (C=O) groups is 5. The normalized spacial score (nSPS) is 12.9. The number of amides is 5. The van der Waals surface area contributed by atoms with Crippen molar-refractivity contribution < 1.29 is 106 Å². The van der Waals surface area contributed by atoms with Gasteiger partial charge in [-0.25, -0.2) is 0 Å². The minimum absolute atomic E-state index is 0.0194. The van der Waals surface area contributed by atoms with Gasteiger partial charge >= 0.3 is 30.8 Å². The highest BCUT2D eigenvalue weighted by molar-refractivity contribution is 6.01. The smallest absolute Gasteiger partial charge is 0.373 e. The second-order valence-corrected chi connectivity index (χ2v) is 34.1. The van der Waals surface area contributed by atoms with E-state index >= 15 is 0 Å². The number of fused-ring (bicyclic) bond motifs is 5. The Morgan fingerprint density at radius 2 is 0.674 bits per heavy atom. The molecule has 5 aromatic heterocycles. The number of benzene rings is 8. The summed E-state index contributed by atoms with van der Waals surface area (Å²) in [6, 6.07) is 57.8. The van der Waals surface area contributed by atoms with Crippen LogP contribution >= 0.6 is 0 Å². The fraction of sp³-hybridized carbons (Fsp3) is 0.318. The maximum atomic E-state index is 12.6. The van der Waals surface area contributed by atoms with E-state index in [2.05, 4.69) is 54.7 Å². The van der Waals surface area contributed by atoms with Crippen molar-refractivity contribution >= 4 is 143 Å². The molecule has 5 unspecified atom stereocenters. The number of phenolic OH excluding ortho intramolecular Hbond substituents is 2. The number of hydrogen-bond acceptors (Lipinski definition) is 32. The first kappa shape index (κ1) is 115. The lowest BCUT2D eigenvalue weighted by molar-refractivity contribution is -0.193. The van der Waals surface area contributed by atoms with Crippen molar-refractivity contribution in [2.24, 2.45) is 17.8 Å². The molecule has 5 atom stereocenters. The largest absolute Gasteiger partial charge is 0.507 e. The number of aromatic hydroxyl groups is 2. The van der Waals surface area contributed by atoms with Crippen LogP contribution in [0.2, 0.25) is 0 Å². The maximum Gasteiger partial charge on any atom is 0.373 e. The van der Waals surface area contributed by atoms with Crippen LogP contribution < -0.4 is 68.3 Å². The van der Waals surface area contributed by atoms with Crippen molar-refractivity contribution in [1.29, 1.82) is 0 Å². The van der Waals surface area contributed by atoms with Crippen LogP contribution in [0.3, 0.4) is 0 Å². The van der Waals surface area contributed by atoms with Crippen molar-refractivity contribution in [3.05, 3.63) is 245 Å².